The number of hydrogen-bond donors (Lipinski definition) is 1. The molecule has 0 atom stereocenters. The Labute approximate surface area is 173 Å². The molecule has 152 valence electrons. The molecule has 8 heteroatoms. The highest BCUT2D eigenvalue weighted by Crippen LogP contribution is 2.22. The fraction of sp³-hybridized carbons (Fsp3) is 0.286. The molecule has 29 heavy (non-hydrogen) atoms. The van der Waals surface area contributed by atoms with Crippen LogP contribution in [0.1, 0.15) is 11.3 Å². The summed E-state index contributed by atoms with van der Waals surface area (Å²) in [6.45, 7) is 2.25. The third-order valence-electron chi connectivity index (χ3n) is 4.31. The maximum Gasteiger partial charge on any atom is 0.235 e. The van der Waals surface area contributed by atoms with Gasteiger partial charge >= 0.3 is 0 Å². The Kier molecular flexibility index (Phi) is 6.77. The minimum absolute atomic E-state index is 0.0325. The average Bonchev–Trinajstić information content (AvgIpc) is 3.11. The summed E-state index contributed by atoms with van der Waals surface area (Å²) in [6, 6.07) is 13.6. The molecule has 0 aliphatic rings. The van der Waals surface area contributed by atoms with Crippen molar-refractivity contribution in [3.05, 3.63) is 53.8 Å². The van der Waals surface area contributed by atoms with Gasteiger partial charge in [0.2, 0.25) is 11.8 Å². The number of aromatic nitrogens is 1. The van der Waals surface area contributed by atoms with Gasteiger partial charge < -0.3 is 19.5 Å². The third-order valence-corrected chi connectivity index (χ3v) is 5.23. The highest BCUT2D eigenvalue weighted by Gasteiger charge is 2.12. The van der Waals surface area contributed by atoms with Crippen LogP contribution in [0, 0.1) is 6.92 Å². The first-order valence-electron chi connectivity index (χ1n) is 9.06. The van der Waals surface area contributed by atoms with Gasteiger partial charge in [-0.2, -0.15) is 0 Å². The number of hydrogen-bond acceptors (Lipinski definition) is 6. The molecule has 2 amide bonds. The summed E-state index contributed by atoms with van der Waals surface area (Å²) in [5, 5.41) is 8.52. The number of methoxy groups -OCH3 is 1. The zero-order valence-electron chi connectivity index (χ0n) is 16.6. The second kappa shape index (κ2) is 9.47. The third kappa shape index (κ3) is 5.74. The predicted octanol–water partition coefficient (Wildman–Crippen LogP) is 3.48. The molecule has 7 nitrogen and oxygen atoms in total. The van der Waals surface area contributed by atoms with Gasteiger partial charge in [-0.15, -0.1) is 11.8 Å². The van der Waals surface area contributed by atoms with Crippen molar-refractivity contribution in [3.63, 3.8) is 0 Å². The summed E-state index contributed by atoms with van der Waals surface area (Å²) < 4.78 is 10.1. The Bertz CT molecular complexity index is 1020. The molecule has 1 heterocycles. The fourth-order valence-electron chi connectivity index (χ4n) is 2.81. The van der Waals surface area contributed by atoms with Crippen molar-refractivity contribution < 1.29 is 18.8 Å². The van der Waals surface area contributed by atoms with Crippen LogP contribution < -0.4 is 10.1 Å². The summed E-state index contributed by atoms with van der Waals surface area (Å²) in [4.78, 5) is 25.9. The summed E-state index contributed by atoms with van der Waals surface area (Å²) in [5.41, 5.74) is 1.04. The van der Waals surface area contributed by atoms with Gasteiger partial charge in [-0.25, -0.2) is 0 Å². The molecule has 2 aromatic carbocycles. The number of carbonyl (C=O) groups excluding carboxylic acids is 2. The normalized spacial score (nSPS) is 10.7. The Balaban J connectivity index is 1.47. The van der Waals surface area contributed by atoms with E-state index < -0.39 is 0 Å². The molecule has 0 saturated carbocycles. The summed E-state index contributed by atoms with van der Waals surface area (Å²) in [5.74, 6) is 1.97. The molecule has 3 aromatic rings. The standard InChI is InChI=1S/C21H23N3O4S/c1-14-8-19(23-28-14)22-20(25)12-29-13-21(26)24(2)11-15-4-5-17-10-18(27-3)7-6-16(17)9-15/h4-10H,11-13H2,1-3H3,(H,22,23,25). The first-order valence-corrected chi connectivity index (χ1v) is 10.2. The van der Waals surface area contributed by atoms with Crippen molar-refractivity contribution in [3.8, 4) is 5.75 Å². The smallest absolute Gasteiger partial charge is 0.235 e. The Morgan fingerprint density at radius 2 is 1.90 bits per heavy atom. The number of fused-ring (bicyclic) bond motifs is 1. The van der Waals surface area contributed by atoms with Crippen LogP contribution in [0.3, 0.4) is 0 Å². The van der Waals surface area contributed by atoms with Crippen molar-refractivity contribution in [1.29, 1.82) is 0 Å². The number of nitrogens with one attached hydrogen (secondary N) is 1. The molecule has 0 radical (unpaired) electrons. The van der Waals surface area contributed by atoms with Gasteiger partial charge in [-0.3, -0.25) is 9.59 Å². The summed E-state index contributed by atoms with van der Waals surface area (Å²) in [6.07, 6.45) is 0. The molecule has 0 fully saturated rings. The zero-order chi connectivity index (χ0) is 20.8. The number of benzene rings is 2. The molecule has 0 spiro atoms. The van der Waals surface area contributed by atoms with Gasteiger partial charge in [-0.1, -0.05) is 23.4 Å². The number of nitrogens with zero attached hydrogens (tertiary/aromatic N) is 2. The van der Waals surface area contributed by atoms with E-state index in [0.29, 0.717) is 18.1 Å². The van der Waals surface area contributed by atoms with Crippen LogP contribution in [0.5, 0.6) is 5.75 Å². The maximum atomic E-state index is 12.4. The molecule has 0 aliphatic heterocycles. The minimum atomic E-state index is -0.219. The first-order chi connectivity index (χ1) is 13.9. The van der Waals surface area contributed by atoms with E-state index in [9.17, 15) is 9.59 Å². The number of ether oxygens (including phenoxy) is 1. The van der Waals surface area contributed by atoms with Crippen molar-refractivity contribution >= 4 is 40.2 Å². The Hall–Kier alpha value is -3.00. The van der Waals surface area contributed by atoms with Crippen LogP contribution in [-0.4, -0.2) is 47.5 Å². The lowest BCUT2D eigenvalue weighted by Crippen LogP contribution is -2.28. The van der Waals surface area contributed by atoms with Crippen molar-refractivity contribution in [1.82, 2.24) is 10.1 Å². The lowest BCUT2D eigenvalue weighted by atomic mass is 10.1. The van der Waals surface area contributed by atoms with Gasteiger partial charge in [-0.05, 0) is 41.5 Å². The second-order valence-corrected chi connectivity index (χ2v) is 7.65. The van der Waals surface area contributed by atoms with Gasteiger partial charge in [0.25, 0.3) is 0 Å². The van der Waals surface area contributed by atoms with Crippen molar-refractivity contribution in [2.45, 2.75) is 13.5 Å². The van der Waals surface area contributed by atoms with Crippen LogP contribution in [0.2, 0.25) is 0 Å². The monoisotopic (exact) mass is 413 g/mol. The fourth-order valence-corrected chi connectivity index (χ4v) is 3.56. The molecule has 0 saturated heterocycles. The van der Waals surface area contributed by atoms with E-state index in [1.54, 1.807) is 32.0 Å². The molecule has 1 aromatic heterocycles. The van der Waals surface area contributed by atoms with Crippen LogP contribution in [0.15, 0.2) is 47.0 Å². The highest BCUT2D eigenvalue weighted by atomic mass is 32.2. The van der Waals surface area contributed by atoms with Crippen molar-refractivity contribution in [2.24, 2.45) is 0 Å². The summed E-state index contributed by atoms with van der Waals surface area (Å²) >= 11 is 1.27. The first kappa shape index (κ1) is 20.7. The lowest BCUT2D eigenvalue weighted by Gasteiger charge is -2.17. The second-order valence-electron chi connectivity index (χ2n) is 6.66. The van der Waals surface area contributed by atoms with Gasteiger partial charge in [0.1, 0.15) is 11.5 Å². The molecule has 3 rings (SSSR count). The predicted molar refractivity (Wildman–Crippen MR) is 114 cm³/mol. The largest absolute Gasteiger partial charge is 0.497 e. The number of rotatable bonds is 8. The zero-order valence-corrected chi connectivity index (χ0v) is 17.4. The van der Waals surface area contributed by atoms with E-state index in [1.165, 1.54) is 11.8 Å². The number of amides is 2. The number of anilines is 1. The quantitative estimate of drug-likeness (QED) is 0.609. The Morgan fingerprint density at radius 1 is 1.14 bits per heavy atom. The number of aryl methyl sites for hydroxylation is 1. The SMILES string of the molecule is COc1ccc2cc(CN(C)C(=O)CSCC(=O)Nc3cc(C)on3)ccc2c1. The number of thioether (sulfide) groups is 1. The summed E-state index contributed by atoms with van der Waals surface area (Å²) in [7, 11) is 3.41. The lowest BCUT2D eigenvalue weighted by molar-refractivity contribution is -0.127. The van der Waals surface area contributed by atoms with E-state index in [2.05, 4.69) is 16.5 Å². The van der Waals surface area contributed by atoms with Gasteiger partial charge in [0, 0.05) is 19.7 Å². The van der Waals surface area contributed by atoms with Crippen LogP contribution >= 0.6 is 11.8 Å². The van der Waals surface area contributed by atoms with E-state index in [4.69, 9.17) is 9.26 Å². The van der Waals surface area contributed by atoms with E-state index in [-0.39, 0.29) is 23.3 Å². The average molecular weight is 413 g/mol. The minimum Gasteiger partial charge on any atom is -0.497 e. The van der Waals surface area contributed by atoms with E-state index in [1.807, 2.05) is 30.3 Å². The highest BCUT2D eigenvalue weighted by molar-refractivity contribution is 8.00. The van der Waals surface area contributed by atoms with Crippen LogP contribution in [-0.2, 0) is 16.1 Å². The molecule has 0 unspecified atom stereocenters. The molecule has 1 N–H and O–H groups in total. The van der Waals surface area contributed by atoms with E-state index in [0.717, 1.165) is 22.1 Å². The molecular weight excluding hydrogens is 390 g/mol. The van der Waals surface area contributed by atoms with Gasteiger partial charge in [0.15, 0.2) is 5.82 Å². The molecule has 0 aliphatic carbocycles. The molecular formula is C21H23N3O4S. The molecule has 0 bridgehead atoms. The number of carbonyl (C=O) groups is 2. The van der Waals surface area contributed by atoms with E-state index >= 15 is 0 Å². The maximum absolute atomic E-state index is 12.4. The topological polar surface area (TPSA) is 84.7 Å². The van der Waals surface area contributed by atoms with Crippen LogP contribution in [0.4, 0.5) is 5.82 Å². The van der Waals surface area contributed by atoms with Gasteiger partial charge in [0.05, 0.1) is 18.6 Å². The van der Waals surface area contributed by atoms with Crippen molar-refractivity contribution in [2.75, 3.05) is 31.0 Å². The van der Waals surface area contributed by atoms with Crippen LogP contribution in [0.25, 0.3) is 10.8 Å². The Morgan fingerprint density at radius 3 is 2.62 bits per heavy atom.